The van der Waals surface area contributed by atoms with Gasteiger partial charge in [-0.3, -0.25) is 14.6 Å². The minimum atomic E-state index is -0.951. The van der Waals surface area contributed by atoms with Crippen molar-refractivity contribution < 1.29 is 9.90 Å². The first-order valence-corrected chi connectivity index (χ1v) is 5.07. The second-order valence-corrected chi connectivity index (χ2v) is 3.93. The Morgan fingerprint density at radius 1 is 1.47 bits per heavy atom. The number of nitrogens with zero attached hydrogens (tertiary/aromatic N) is 1. The van der Waals surface area contributed by atoms with E-state index >= 15 is 0 Å². The number of aromatic nitrogens is 3. The Hall–Kier alpha value is -2.12. The van der Waals surface area contributed by atoms with Gasteiger partial charge in [0.25, 0.3) is 5.56 Å². The SMILES string of the molecule is CC(C)C(CNc1n[nH]c(=O)[nH]c1=O)C(=O)O. The highest BCUT2D eigenvalue weighted by atomic mass is 16.4. The lowest BCUT2D eigenvalue weighted by atomic mass is 9.96. The summed E-state index contributed by atoms with van der Waals surface area (Å²) in [6.07, 6.45) is 0. The molecule has 0 radical (unpaired) electrons. The zero-order valence-corrected chi connectivity index (χ0v) is 9.48. The molecule has 1 rings (SSSR count). The van der Waals surface area contributed by atoms with Crippen molar-refractivity contribution in [2.45, 2.75) is 13.8 Å². The Bertz CT molecular complexity index is 504. The van der Waals surface area contributed by atoms with Crippen molar-refractivity contribution in [3.63, 3.8) is 0 Å². The number of carboxylic acids is 1. The van der Waals surface area contributed by atoms with Crippen LogP contribution in [0.1, 0.15) is 13.8 Å². The van der Waals surface area contributed by atoms with Crippen LogP contribution in [0.2, 0.25) is 0 Å². The standard InChI is InChI=1S/C9H14N4O4/c1-4(2)5(8(15)16)3-10-6-7(14)11-9(17)13-12-6/h4-5H,3H2,1-2H3,(H,10,12)(H,15,16)(H2,11,13,14,17). The van der Waals surface area contributed by atoms with Gasteiger partial charge in [-0.1, -0.05) is 13.8 Å². The van der Waals surface area contributed by atoms with Crippen molar-refractivity contribution >= 4 is 11.8 Å². The van der Waals surface area contributed by atoms with Gasteiger partial charge in [0.1, 0.15) is 0 Å². The van der Waals surface area contributed by atoms with Crippen LogP contribution >= 0.6 is 0 Å². The average molecular weight is 242 g/mol. The maximum absolute atomic E-state index is 11.2. The Balaban J connectivity index is 2.76. The summed E-state index contributed by atoms with van der Waals surface area (Å²) < 4.78 is 0. The Morgan fingerprint density at radius 3 is 2.59 bits per heavy atom. The average Bonchev–Trinajstić information content (AvgIpc) is 2.20. The Kier molecular flexibility index (Phi) is 4.02. The van der Waals surface area contributed by atoms with E-state index in [1.54, 1.807) is 13.8 Å². The lowest BCUT2D eigenvalue weighted by molar-refractivity contribution is -0.142. The van der Waals surface area contributed by atoms with E-state index in [-0.39, 0.29) is 18.3 Å². The highest BCUT2D eigenvalue weighted by Gasteiger charge is 2.21. The molecule has 0 aromatic carbocycles. The van der Waals surface area contributed by atoms with Gasteiger partial charge >= 0.3 is 11.7 Å². The van der Waals surface area contributed by atoms with E-state index in [0.29, 0.717) is 0 Å². The minimum Gasteiger partial charge on any atom is -0.481 e. The predicted molar refractivity (Wildman–Crippen MR) is 59.9 cm³/mol. The highest BCUT2D eigenvalue weighted by Crippen LogP contribution is 2.10. The first-order valence-electron chi connectivity index (χ1n) is 5.07. The minimum absolute atomic E-state index is 0.0646. The smallest absolute Gasteiger partial charge is 0.342 e. The molecular formula is C9H14N4O4. The number of H-pyrrole nitrogens is 2. The third kappa shape index (κ3) is 3.44. The van der Waals surface area contributed by atoms with Gasteiger partial charge in [-0.05, 0) is 5.92 Å². The monoisotopic (exact) mass is 242 g/mol. The van der Waals surface area contributed by atoms with E-state index in [1.807, 2.05) is 4.98 Å². The summed E-state index contributed by atoms with van der Waals surface area (Å²) in [7, 11) is 0. The van der Waals surface area contributed by atoms with Gasteiger partial charge in [0.2, 0.25) is 5.82 Å². The topological polar surface area (TPSA) is 128 Å². The van der Waals surface area contributed by atoms with Crippen LogP contribution in [0.4, 0.5) is 5.82 Å². The van der Waals surface area contributed by atoms with Crippen molar-refractivity contribution in [3.05, 3.63) is 20.8 Å². The van der Waals surface area contributed by atoms with E-state index < -0.39 is 23.1 Å². The molecule has 0 spiro atoms. The normalized spacial score (nSPS) is 12.4. The van der Waals surface area contributed by atoms with Gasteiger partial charge in [0.05, 0.1) is 5.92 Å². The molecule has 0 bridgehead atoms. The molecule has 17 heavy (non-hydrogen) atoms. The summed E-state index contributed by atoms with van der Waals surface area (Å²) in [4.78, 5) is 34.8. The van der Waals surface area contributed by atoms with Crippen LogP contribution in [0.5, 0.6) is 0 Å². The quantitative estimate of drug-likeness (QED) is 0.536. The maximum Gasteiger partial charge on any atom is 0.342 e. The number of hydrogen-bond acceptors (Lipinski definition) is 5. The van der Waals surface area contributed by atoms with Crippen LogP contribution in [0.15, 0.2) is 9.59 Å². The van der Waals surface area contributed by atoms with Gasteiger partial charge in [-0.2, -0.15) is 0 Å². The van der Waals surface area contributed by atoms with Crippen LogP contribution in [-0.4, -0.2) is 32.8 Å². The van der Waals surface area contributed by atoms with Crippen molar-refractivity contribution in [2.75, 3.05) is 11.9 Å². The number of carbonyl (C=O) groups is 1. The number of rotatable bonds is 5. The van der Waals surface area contributed by atoms with Gasteiger partial charge in [0, 0.05) is 6.54 Å². The number of aliphatic carboxylic acids is 1. The molecule has 1 aromatic heterocycles. The summed E-state index contributed by atoms with van der Waals surface area (Å²) in [6.45, 7) is 3.60. The lowest BCUT2D eigenvalue weighted by Gasteiger charge is -2.16. The Morgan fingerprint density at radius 2 is 2.12 bits per heavy atom. The molecule has 0 aliphatic carbocycles. The van der Waals surface area contributed by atoms with Crippen molar-refractivity contribution in [1.29, 1.82) is 0 Å². The van der Waals surface area contributed by atoms with E-state index in [0.717, 1.165) is 0 Å². The second-order valence-electron chi connectivity index (χ2n) is 3.93. The van der Waals surface area contributed by atoms with Crippen molar-refractivity contribution in [2.24, 2.45) is 11.8 Å². The summed E-state index contributed by atoms with van der Waals surface area (Å²) >= 11 is 0. The molecule has 0 saturated carbocycles. The summed E-state index contributed by atoms with van der Waals surface area (Å²) in [5.41, 5.74) is -1.39. The molecular weight excluding hydrogens is 228 g/mol. The fourth-order valence-corrected chi connectivity index (χ4v) is 1.28. The van der Waals surface area contributed by atoms with Crippen LogP contribution in [-0.2, 0) is 4.79 Å². The van der Waals surface area contributed by atoms with Crippen LogP contribution in [0.25, 0.3) is 0 Å². The van der Waals surface area contributed by atoms with E-state index in [4.69, 9.17) is 5.11 Å². The largest absolute Gasteiger partial charge is 0.481 e. The van der Waals surface area contributed by atoms with Crippen LogP contribution < -0.4 is 16.6 Å². The molecule has 0 saturated heterocycles. The van der Waals surface area contributed by atoms with Gasteiger partial charge in [-0.15, -0.1) is 5.10 Å². The zero-order valence-electron chi connectivity index (χ0n) is 9.48. The number of anilines is 1. The predicted octanol–water partition coefficient (Wildman–Crippen LogP) is -0.773. The fourth-order valence-electron chi connectivity index (χ4n) is 1.28. The maximum atomic E-state index is 11.2. The second kappa shape index (κ2) is 5.28. The first-order chi connectivity index (χ1) is 7.91. The molecule has 1 heterocycles. The molecule has 4 N–H and O–H groups in total. The third-order valence-corrected chi connectivity index (χ3v) is 2.32. The van der Waals surface area contributed by atoms with Gasteiger partial charge < -0.3 is 10.4 Å². The number of aromatic amines is 2. The summed E-state index contributed by atoms with van der Waals surface area (Å²) in [6, 6.07) is 0. The summed E-state index contributed by atoms with van der Waals surface area (Å²) in [5.74, 6) is -1.77. The molecule has 1 aromatic rings. The lowest BCUT2D eigenvalue weighted by Crippen LogP contribution is -2.32. The number of hydrogen-bond donors (Lipinski definition) is 4. The van der Waals surface area contributed by atoms with Crippen LogP contribution in [0, 0.1) is 11.8 Å². The Labute approximate surface area is 96.1 Å². The van der Waals surface area contributed by atoms with Crippen molar-refractivity contribution in [1.82, 2.24) is 15.2 Å². The number of nitrogens with one attached hydrogen (secondary N) is 3. The molecule has 0 amide bonds. The molecule has 0 aliphatic rings. The van der Waals surface area contributed by atoms with E-state index in [9.17, 15) is 14.4 Å². The molecule has 8 nitrogen and oxygen atoms in total. The zero-order chi connectivity index (χ0) is 13.0. The first kappa shape index (κ1) is 12.9. The summed E-state index contributed by atoms with van der Waals surface area (Å²) in [5, 5.41) is 17.1. The number of carboxylic acid groups (broad SMARTS) is 1. The van der Waals surface area contributed by atoms with E-state index in [1.165, 1.54) is 0 Å². The molecule has 94 valence electrons. The van der Waals surface area contributed by atoms with Gasteiger partial charge in [-0.25, -0.2) is 9.89 Å². The molecule has 1 unspecified atom stereocenters. The molecule has 0 aliphatic heterocycles. The van der Waals surface area contributed by atoms with Gasteiger partial charge in [0.15, 0.2) is 0 Å². The van der Waals surface area contributed by atoms with E-state index in [2.05, 4.69) is 15.5 Å². The molecule has 0 fully saturated rings. The highest BCUT2D eigenvalue weighted by molar-refractivity contribution is 5.71. The molecule has 8 heteroatoms. The van der Waals surface area contributed by atoms with Crippen molar-refractivity contribution in [3.8, 4) is 0 Å². The van der Waals surface area contributed by atoms with Crippen LogP contribution in [0.3, 0.4) is 0 Å². The fraction of sp³-hybridized carbons (Fsp3) is 0.556. The molecule has 1 atom stereocenters. The third-order valence-electron chi connectivity index (χ3n) is 2.32.